The second-order valence-electron chi connectivity index (χ2n) is 5.28. The Morgan fingerprint density at radius 1 is 1.33 bits per heavy atom. The second kappa shape index (κ2) is 9.87. The molecule has 0 spiro atoms. The van der Waals surface area contributed by atoms with Crippen LogP contribution in [0.1, 0.15) is 28.8 Å². The maximum atomic E-state index is 5.68. The van der Waals surface area contributed by atoms with Crippen LogP contribution in [0.5, 0.6) is 5.88 Å². The van der Waals surface area contributed by atoms with E-state index in [2.05, 4.69) is 39.4 Å². The lowest BCUT2D eigenvalue weighted by Gasteiger charge is -2.13. The monoisotopic (exact) mass is 347 g/mol. The first-order chi connectivity index (χ1) is 11.7. The van der Waals surface area contributed by atoms with Gasteiger partial charge in [-0.15, -0.1) is 11.3 Å². The molecular weight excluding hydrogens is 322 g/mol. The smallest absolute Gasteiger partial charge is 0.218 e. The summed E-state index contributed by atoms with van der Waals surface area (Å²) in [6.45, 7) is 6.23. The minimum atomic E-state index is 0.614. The highest BCUT2D eigenvalue weighted by Gasteiger charge is 2.06. The number of thiazole rings is 1. The Balaban J connectivity index is 1.81. The Kier molecular flexibility index (Phi) is 7.48. The summed E-state index contributed by atoms with van der Waals surface area (Å²) in [6, 6.07) is 3.92. The zero-order valence-electron chi connectivity index (χ0n) is 14.5. The number of guanidine groups is 1. The van der Waals surface area contributed by atoms with E-state index < -0.39 is 0 Å². The van der Waals surface area contributed by atoms with Crippen LogP contribution in [0, 0.1) is 6.92 Å². The maximum Gasteiger partial charge on any atom is 0.218 e. The fourth-order valence-corrected chi connectivity index (χ4v) is 2.88. The zero-order valence-corrected chi connectivity index (χ0v) is 15.3. The van der Waals surface area contributed by atoms with Gasteiger partial charge in [0.15, 0.2) is 5.96 Å². The fourth-order valence-electron chi connectivity index (χ4n) is 2.09. The quantitative estimate of drug-likeness (QED) is 0.567. The van der Waals surface area contributed by atoms with Gasteiger partial charge in [-0.05, 0) is 19.4 Å². The Labute approximate surface area is 147 Å². The van der Waals surface area contributed by atoms with Crippen LogP contribution in [0.25, 0.3) is 0 Å². The minimum Gasteiger partial charge on any atom is -0.477 e. The van der Waals surface area contributed by atoms with E-state index in [1.165, 1.54) is 4.88 Å². The minimum absolute atomic E-state index is 0.614. The van der Waals surface area contributed by atoms with Crippen LogP contribution >= 0.6 is 11.3 Å². The van der Waals surface area contributed by atoms with Gasteiger partial charge in [0.05, 0.1) is 11.6 Å². The number of rotatable bonds is 8. The number of hydrogen-bond donors (Lipinski definition) is 2. The summed E-state index contributed by atoms with van der Waals surface area (Å²) < 4.78 is 5.68. The van der Waals surface area contributed by atoms with Crippen LogP contribution in [-0.2, 0) is 13.0 Å². The van der Waals surface area contributed by atoms with Gasteiger partial charge < -0.3 is 15.4 Å². The average Bonchev–Trinajstić information content (AvgIpc) is 3.02. The van der Waals surface area contributed by atoms with E-state index >= 15 is 0 Å². The van der Waals surface area contributed by atoms with Crippen LogP contribution in [0.15, 0.2) is 29.5 Å². The molecule has 2 aromatic heterocycles. The van der Waals surface area contributed by atoms with E-state index in [4.69, 9.17) is 4.74 Å². The molecular formula is C17H25N5OS. The first-order valence-corrected chi connectivity index (χ1v) is 8.97. The number of aryl methyl sites for hydroxylation is 1. The number of nitrogens with zero attached hydrogens (tertiary/aromatic N) is 3. The molecule has 2 heterocycles. The summed E-state index contributed by atoms with van der Waals surface area (Å²) >= 11 is 1.73. The van der Waals surface area contributed by atoms with Crippen LogP contribution in [0.2, 0.25) is 0 Å². The van der Waals surface area contributed by atoms with Gasteiger partial charge in [0.1, 0.15) is 0 Å². The summed E-state index contributed by atoms with van der Waals surface area (Å²) in [4.78, 5) is 14.1. The molecule has 6 nitrogen and oxygen atoms in total. The van der Waals surface area contributed by atoms with E-state index in [0.717, 1.165) is 35.9 Å². The molecule has 7 heteroatoms. The summed E-state index contributed by atoms with van der Waals surface area (Å²) in [7, 11) is 1.76. The van der Waals surface area contributed by atoms with E-state index in [-0.39, 0.29) is 0 Å². The Bertz CT molecular complexity index is 656. The maximum absolute atomic E-state index is 5.68. The first kappa shape index (κ1) is 18.2. The van der Waals surface area contributed by atoms with E-state index in [1.54, 1.807) is 24.6 Å². The number of hydrogen-bond acceptors (Lipinski definition) is 5. The molecule has 0 aliphatic heterocycles. The predicted octanol–water partition coefficient (Wildman–Crippen LogP) is 2.54. The van der Waals surface area contributed by atoms with E-state index in [0.29, 0.717) is 19.0 Å². The van der Waals surface area contributed by atoms with Crippen LogP contribution in [0.3, 0.4) is 0 Å². The predicted molar refractivity (Wildman–Crippen MR) is 98.8 cm³/mol. The van der Waals surface area contributed by atoms with Crippen molar-refractivity contribution in [1.82, 2.24) is 20.6 Å². The molecule has 0 aliphatic rings. The lowest BCUT2D eigenvalue weighted by molar-refractivity contribution is 0.301. The third-order valence-electron chi connectivity index (χ3n) is 3.26. The zero-order chi connectivity index (χ0) is 17.2. The Morgan fingerprint density at radius 2 is 2.21 bits per heavy atom. The van der Waals surface area contributed by atoms with Crippen LogP contribution in [0.4, 0.5) is 0 Å². The third-order valence-corrected chi connectivity index (χ3v) is 4.24. The number of pyridine rings is 1. The number of aromatic nitrogens is 2. The Morgan fingerprint density at radius 3 is 2.92 bits per heavy atom. The highest BCUT2D eigenvalue weighted by Crippen LogP contribution is 2.14. The molecule has 0 aromatic carbocycles. The van der Waals surface area contributed by atoms with Crippen molar-refractivity contribution in [3.05, 3.63) is 40.0 Å². The standard InChI is InChI=1S/C17H25N5OS/c1-4-10-23-16-14(6-5-8-19-16)12-22-17(18-3)20-9-7-15-21-11-13(2)24-15/h5-6,8,11H,4,7,9-10,12H2,1-3H3,(H2,18,20,22). The number of ether oxygens (including phenoxy) is 1. The fraction of sp³-hybridized carbons (Fsp3) is 0.471. The van der Waals surface area contributed by atoms with Crippen molar-refractivity contribution < 1.29 is 4.74 Å². The van der Waals surface area contributed by atoms with Crippen LogP contribution < -0.4 is 15.4 Å². The normalized spacial score (nSPS) is 11.4. The van der Waals surface area contributed by atoms with Gasteiger partial charge in [0.25, 0.3) is 0 Å². The van der Waals surface area contributed by atoms with Crippen molar-refractivity contribution in [3.8, 4) is 5.88 Å². The van der Waals surface area contributed by atoms with Crippen molar-refractivity contribution in [3.63, 3.8) is 0 Å². The molecule has 2 aromatic rings. The summed E-state index contributed by atoms with van der Waals surface area (Å²) in [5, 5.41) is 7.74. The molecule has 0 bridgehead atoms. The summed E-state index contributed by atoms with van der Waals surface area (Å²) in [6.07, 6.45) is 5.50. The second-order valence-corrected chi connectivity index (χ2v) is 6.60. The van der Waals surface area contributed by atoms with Crippen molar-refractivity contribution in [1.29, 1.82) is 0 Å². The first-order valence-electron chi connectivity index (χ1n) is 8.15. The summed E-state index contributed by atoms with van der Waals surface area (Å²) in [5.41, 5.74) is 1.02. The molecule has 2 rings (SSSR count). The summed E-state index contributed by atoms with van der Waals surface area (Å²) in [5.74, 6) is 1.44. The van der Waals surface area contributed by atoms with Gasteiger partial charge in [-0.2, -0.15) is 0 Å². The number of aliphatic imine (C=N–C) groups is 1. The largest absolute Gasteiger partial charge is 0.477 e. The SMILES string of the molecule is CCCOc1ncccc1CNC(=NC)NCCc1ncc(C)s1. The van der Waals surface area contributed by atoms with E-state index in [1.807, 2.05) is 18.3 Å². The molecule has 0 fully saturated rings. The molecule has 0 saturated heterocycles. The van der Waals surface area contributed by atoms with Crippen molar-refractivity contribution in [2.75, 3.05) is 20.2 Å². The third kappa shape index (κ3) is 5.81. The van der Waals surface area contributed by atoms with Crippen LogP contribution in [-0.4, -0.2) is 36.1 Å². The highest BCUT2D eigenvalue weighted by atomic mass is 32.1. The van der Waals surface area contributed by atoms with Gasteiger partial charge in [0.2, 0.25) is 5.88 Å². The number of nitrogens with one attached hydrogen (secondary N) is 2. The highest BCUT2D eigenvalue weighted by molar-refractivity contribution is 7.11. The van der Waals surface area contributed by atoms with Gasteiger partial charge in [-0.3, -0.25) is 4.99 Å². The lowest BCUT2D eigenvalue weighted by Crippen LogP contribution is -2.38. The molecule has 0 radical (unpaired) electrons. The average molecular weight is 347 g/mol. The van der Waals surface area contributed by atoms with Gasteiger partial charge in [-0.1, -0.05) is 13.0 Å². The Hall–Kier alpha value is -2.15. The molecule has 0 amide bonds. The lowest BCUT2D eigenvalue weighted by atomic mass is 10.2. The van der Waals surface area contributed by atoms with Crippen molar-refractivity contribution >= 4 is 17.3 Å². The van der Waals surface area contributed by atoms with Gasteiger partial charge in [-0.25, -0.2) is 9.97 Å². The molecule has 0 unspecified atom stereocenters. The molecule has 130 valence electrons. The van der Waals surface area contributed by atoms with Gasteiger partial charge >= 0.3 is 0 Å². The molecule has 0 aliphatic carbocycles. The van der Waals surface area contributed by atoms with Crippen molar-refractivity contribution in [2.24, 2.45) is 4.99 Å². The van der Waals surface area contributed by atoms with Crippen molar-refractivity contribution in [2.45, 2.75) is 33.2 Å². The van der Waals surface area contributed by atoms with E-state index in [9.17, 15) is 0 Å². The molecule has 2 N–H and O–H groups in total. The molecule has 24 heavy (non-hydrogen) atoms. The van der Waals surface area contributed by atoms with Gasteiger partial charge in [0, 0.05) is 49.4 Å². The molecule has 0 saturated carbocycles. The molecule has 0 atom stereocenters. The topological polar surface area (TPSA) is 71.4 Å².